The molecule has 3 nitrogen and oxygen atoms in total. The fourth-order valence-electron chi connectivity index (χ4n) is 2.32. The molecule has 1 aliphatic rings. The van der Waals surface area contributed by atoms with Gasteiger partial charge < -0.3 is 0 Å². The molecule has 1 N–H and O–H groups in total. The maximum absolute atomic E-state index is 14.3. The van der Waals surface area contributed by atoms with Crippen molar-refractivity contribution >= 4 is 11.8 Å². The number of rotatable bonds is 2. The first-order valence-electron chi connectivity index (χ1n) is 6.23. The predicted molar refractivity (Wildman–Crippen MR) is 65.6 cm³/mol. The lowest BCUT2D eigenvalue weighted by Crippen LogP contribution is -2.40. The Balaban J connectivity index is 2.47. The molecule has 1 aromatic rings. The maximum Gasteiger partial charge on any atom is 0.234 e. The summed E-state index contributed by atoms with van der Waals surface area (Å²) in [6.45, 7) is 3.59. The number of carbonyl (C=O) groups excluding carboxylic acids is 2. The predicted octanol–water partition coefficient (Wildman–Crippen LogP) is 2.61. The smallest absolute Gasteiger partial charge is 0.234 e. The topological polar surface area (TPSA) is 46.2 Å². The number of hydrogen-bond acceptors (Lipinski definition) is 2. The van der Waals surface area contributed by atoms with Crippen LogP contribution in [-0.2, 0) is 9.59 Å². The van der Waals surface area contributed by atoms with Crippen molar-refractivity contribution in [3.63, 3.8) is 0 Å². The van der Waals surface area contributed by atoms with Gasteiger partial charge in [0.25, 0.3) is 0 Å². The summed E-state index contributed by atoms with van der Waals surface area (Å²) in [6, 6.07) is 2.57. The Labute approximate surface area is 110 Å². The van der Waals surface area contributed by atoms with Gasteiger partial charge in [-0.15, -0.1) is 0 Å². The van der Waals surface area contributed by atoms with E-state index >= 15 is 0 Å². The Morgan fingerprint density at radius 1 is 1.26 bits per heavy atom. The summed E-state index contributed by atoms with van der Waals surface area (Å²) in [5, 5.41) is 2.12. The van der Waals surface area contributed by atoms with E-state index in [4.69, 9.17) is 0 Å². The molecule has 1 aliphatic heterocycles. The molecule has 0 aromatic heterocycles. The van der Waals surface area contributed by atoms with Gasteiger partial charge in [0.15, 0.2) is 0 Å². The Bertz CT molecular complexity index is 540. The van der Waals surface area contributed by atoms with E-state index in [-0.39, 0.29) is 24.3 Å². The molecule has 0 bridgehead atoms. The van der Waals surface area contributed by atoms with Crippen LogP contribution >= 0.6 is 0 Å². The number of halogens is 2. The molecule has 1 aromatic carbocycles. The quantitative estimate of drug-likeness (QED) is 0.837. The molecule has 0 unspecified atom stereocenters. The number of piperidine rings is 1. The number of nitrogens with one attached hydrogen (secondary N) is 1. The number of amides is 2. The molecule has 1 saturated heterocycles. The first kappa shape index (κ1) is 13.6. The molecule has 5 heteroatoms. The standard InChI is InChI=1S/C14H15F2NO2/c1-7(2)8-3-5-10(15)12(13(8)16)9-4-6-11(18)17-14(9)19/h3,5,7,9H,4,6H2,1-2H3,(H,17,18,19)/t9-/m0/s1. The Morgan fingerprint density at radius 3 is 2.53 bits per heavy atom. The summed E-state index contributed by atoms with van der Waals surface area (Å²) in [7, 11) is 0. The Morgan fingerprint density at radius 2 is 1.95 bits per heavy atom. The van der Waals surface area contributed by atoms with Crippen LogP contribution in [0, 0.1) is 11.6 Å². The third kappa shape index (κ3) is 2.50. The van der Waals surface area contributed by atoms with Crippen LogP contribution in [0.1, 0.15) is 49.7 Å². The van der Waals surface area contributed by atoms with E-state index in [0.29, 0.717) is 5.56 Å². The van der Waals surface area contributed by atoms with Crippen molar-refractivity contribution in [1.29, 1.82) is 0 Å². The average molecular weight is 267 g/mol. The second-order valence-corrected chi connectivity index (χ2v) is 5.02. The lowest BCUT2D eigenvalue weighted by molar-refractivity contribution is -0.134. The molecule has 0 spiro atoms. The van der Waals surface area contributed by atoms with E-state index in [2.05, 4.69) is 5.32 Å². The van der Waals surface area contributed by atoms with Crippen LogP contribution in [0.4, 0.5) is 8.78 Å². The van der Waals surface area contributed by atoms with Crippen molar-refractivity contribution in [3.05, 3.63) is 34.9 Å². The Kier molecular flexibility index (Phi) is 3.64. The highest BCUT2D eigenvalue weighted by molar-refractivity contribution is 6.01. The highest BCUT2D eigenvalue weighted by Crippen LogP contribution is 2.32. The second kappa shape index (κ2) is 5.07. The van der Waals surface area contributed by atoms with E-state index in [0.717, 1.165) is 0 Å². The van der Waals surface area contributed by atoms with E-state index in [1.165, 1.54) is 12.1 Å². The van der Waals surface area contributed by atoms with Crippen molar-refractivity contribution in [3.8, 4) is 0 Å². The third-order valence-corrected chi connectivity index (χ3v) is 3.37. The zero-order valence-corrected chi connectivity index (χ0v) is 10.8. The van der Waals surface area contributed by atoms with E-state index in [1.807, 2.05) is 0 Å². The lowest BCUT2D eigenvalue weighted by atomic mass is 9.87. The van der Waals surface area contributed by atoms with Crippen molar-refractivity contribution in [2.24, 2.45) is 0 Å². The summed E-state index contributed by atoms with van der Waals surface area (Å²) in [4.78, 5) is 22.8. The van der Waals surface area contributed by atoms with Gasteiger partial charge in [0, 0.05) is 12.0 Å². The first-order valence-corrected chi connectivity index (χ1v) is 6.23. The molecule has 1 heterocycles. The van der Waals surface area contributed by atoms with Crippen LogP contribution in [0.15, 0.2) is 12.1 Å². The number of imide groups is 1. The van der Waals surface area contributed by atoms with Gasteiger partial charge in [-0.2, -0.15) is 0 Å². The fraction of sp³-hybridized carbons (Fsp3) is 0.429. The lowest BCUT2D eigenvalue weighted by Gasteiger charge is -2.23. The largest absolute Gasteiger partial charge is 0.296 e. The molecule has 0 saturated carbocycles. The third-order valence-electron chi connectivity index (χ3n) is 3.37. The van der Waals surface area contributed by atoms with Crippen LogP contribution < -0.4 is 5.32 Å². The molecule has 2 amide bonds. The van der Waals surface area contributed by atoms with E-state index in [9.17, 15) is 18.4 Å². The molecular formula is C14H15F2NO2. The fourth-order valence-corrected chi connectivity index (χ4v) is 2.32. The highest BCUT2D eigenvalue weighted by Gasteiger charge is 2.33. The second-order valence-electron chi connectivity index (χ2n) is 5.02. The zero-order chi connectivity index (χ0) is 14.2. The van der Waals surface area contributed by atoms with E-state index in [1.54, 1.807) is 13.8 Å². The van der Waals surface area contributed by atoms with Gasteiger partial charge in [0.2, 0.25) is 11.8 Å². The van der Waals surface area contributed by atoms with Crippen molar-refractivity contribution in [1.82, 2.24) is 5.32 Å². The van der Waals surface area contributed by atoms with Gasteiger partial charge in [-0.3, -0.25) is 14.9 Å². The van der Waals surface area contributed by atoms with Gasteiger partial charge >= 0.3 is 0 Å². The van der Waals surface area contributed by atoms with Gasteiger partial charge in [0.1, 0.15) is 11.6 Å². The normalized spacial score (nSPS) is 19.7. The first-order chi connectivity index (χ1) is 8.91. The highest BCUT2D eigenvalue weighted by atomic mass is 19.1. The van der Waals surface area contributed by atoms with Crippen molar-refractivity contribution < 1.29 is 18.4 Å². The van der Waals surface area contributed by atoms with E-state index < -0.39 is 29.4 Å². The van der Waals surface area contributed by atoms with Crippen molar-refractivity contribution in [2.75, 3.05) is 0 Å². The molecule has 1 atom stereocenters. The summed E-state index contributed by atoms with van der Waals surface area (Å²) < 4.78 is 28.2. The molecule has 1 fully saturated rings. The van der Waals surface area contributed by atoms with Crippen LogP contribution in [0.2, 0.25) is 0 Å². The van der Waals surface area contributed by atoms with Gasteiger partial charge in [0.05, 0.1) is 5.92 Å². The minimum Gasteiger partial charge on any atom is -0.296 e. The van der Waals surface area contributed by atoms with Gasteiger partial charge in [-0.25, -0.2) is 8.78 Å². The summed E-state index contributed by atoms with van der Waals surface area (Å²) >= 11 is 0. The Hall–Kier alpha value is -1.78. The minimum atomic E-state index is -0.934. The average Bonchev–Trinajstić information content (AvgIpc) is 2.31. The minimum absolute atomic E-state index is 0.0984. The van der Waals surface area contributed by atoms with Crippen LogP contribution in [0.3, 0.4) is 0 Å². The van der Waals surface area contributed by atoms with Crippen LogP contribution in [0.5, 0.6) is 0 Å². The molecule has 2 rings (SSSR count). The van der Waals surface area contributed by atoms with Crippen LogP contribution in [-0.4, -0.2) is 11.8 Å². The molecular weight excluding hydrogens is 252 g/mol. The number of hydrogen-bond donors (Lipinski definition) is 1. The van der Waals surface area contributed by atoms with Gasteiger partial charge in [-0.1, -0.05) is 19.9 Å². The SMILES string of the molecule is CC(C)c1ccc(F)c([C@@H]2CCC(=O)NC2=O)c1F. The van der Waals surface area contributed by atoms with Crippen molar-refractivity contribution in [2.45, 2.75) is 38.5 Å². The zero-order valence-electron chi connectivity index (χ0n) is 10.8. The summed E-state index contributed by atoms with van der Waals surface area (Å²) in [5.41, 5.74) is 0.150. The summed E-state index contributed by atoms with van der Waals surface area (Å²) in [6.07, 6.45) is 0.237. The summed E-state index contributed by atoms with van der Waals surface area (Å²) in [5.74, 6) is -3.48. The molecule has 0 radical (unpaired) electrons. The molecule has 0 aliphatic carbocycles. The van der Waals surface area contributed by atoms with Crippen LogP contribution in [0.25, 0.3) is 0 Å². The number of benzene rings is 1. The monoisotopic (exact) mass is 267 g/mol. The molecule has 19 heavy (non-hydrogen) atoms. The molecule has 102 valence electrons. The number of carbonyl (C=O) groups is 2. The van der Waals surface area contributed by atoms with Gasteiger partial charge in [-0.05, 0) is 24.0 Å². The maximum atomic E-state index is 14.3.